The summed E-state index contributed by atoms with van der Waals surface area (Å²) >= 11 is 1.82. The van der Waals surface area contributed by atoms with Crippen molar-refractivity contribution in [1.29, 1.82) is 0 Å². The number of hydrogen-bond donors (Lipinski definition) is 1. The molecular formula is C13H19NOS. The van der Waals surface area contributed by atoms with Gasteiger partial charge in [0.25, 0.3) is 0 Å². The van der Waals surface area contributed by atoms with E-state index in [-0.39, 0.29) is 0 Å². The van der Waals surface area contributed by atoms with Crippen LogP contribution in [-0.2, 0) is 4.74 Å². The van der Waals surface area contributed by atoms with Crippen molar-refractivity contribution in [1.82, 2.24) is 0 Å². The molecule has 1 atom stereocenters. The molecule has 88 valence electrons. The average Bonchev–Trinajstić information content (AvgIpc) is 2.32. The minimum Gasteiger partial charge on any atom is -0.398 e. The van der Waals surface area contributed by atoms with Gasteiger partial charge in [-0.05, 0) is 37.8 Å². The lowest BCUT2D eigenvalue weighted by atomic mass is 10.1. The average molecular weight is 237 g/mol. The zero-order chi connectivity index (χ0) is 11.4. The topological polar surface area (TPSA) is 35.2 Å². The molecule has 2 N–H and O–H groups in total. The van der Waals surface area contributed by atoms with Crippen molar-refractivity contribution in [3.05, 3.63) is 23.8 Å². The van der Waals surface area contributed by atoms with Crippen LogP contribution in [0.25, 0.3) is 0 Å². The molecule has 0 spiro atoms. The number of benzene rings is 1. The second kappa shape index (κ2) is 5.60. The number of nitrogens with two attached hydrogens (primary N) is 1. The van der Waals surface area contributed by atoms with Crippen LogP contribution in [0.15, 0.2) is 23.1 Å². The van der Waals surface area contributed by atoms with E-state index in [1.165, 1.54) is 24.2 Å². The molecule has 1 heterocycles. The zero-order valence-electron chi connectivity index (χ0n) is 9.74. The molecule has 1 saturated heterocycles. The van der Waals surface area contributed by atoms with Gasteiger partial charge in [0.15, 0.2) is 0 Å². The van der Waals surface area contributed by atoms with Crippen LogP contribution in [0.5, 0.6) is 0 Å². The standard InChI is InChI=1S/C13H19NOS/c1-10-5-4-7-12(13(10)14)16-9-11-6-2-3-8-15-11/h4-5,7,11H,2-3,6,8-9,14H2,1H3. The van der Waals surface area contributed by atoms with Crippen LogP contribution in [0, 0.1) is 6.92 Å². The largest absolute Gasteiger partial charge is 0.398 e. The van der Waals surface area contributed by atoms with Gasteiger partial charge in [0.05, 0.1) is 6.10 Å². The fraction of sp³-hybridized carbons (Fsp3) is 0.538. The maximum absolute atomic E-state index is 6.04. The number of hydrogen-bond acceptors (Lipinski definition) is 3. The predicted molar refractivity (Wildman–Crippen MR) is 69.9 cm³/mol. The predicted octanol–water partition coefficient (Wildman–Crippen LogP) is 3.24. The maximum Gasteiger partial charge on any atom is 0.0669 e. The van der Waals surface area contributed by atoms with E-state index in [2.05, 4.69) is 25.1 Å². The Hall–Kier alpha value is -0.670. The third kappa shape index (κ3) is 2.92. The molecule has 16 heavy (non-hydrogen) atoms. The number of nitrogen functional groups attached to an aromatic ring is 1. The first-order chi connectivity index (χ1) is 7.77. The molecule has 2 nitrogen and oxygen atoms in total. The Kier molecular flexibility index (Phi) is 4.13. The van der Waals surface area contributed by atoms with Gasteiger partial charge in [0.2, 0.25) is 0 Å². The van der Waals surface area contributed by atoms with Gasteiger partial charge in [0, 0.05) is 22.9 Å². The fourth-order valence-corrected chi connectivity index (χ4v) is 3.02. The third-order valence-electron chi connectivity index (χ3n) is 2.98. The van der Waals surface area contributed by atoms with E-state index in [0.717, 1.165) is 23.6 Å². The Morgan fingerprint density at radius 1 is 1.44 bits per heavy atom. The Morgan fingerprint density at radius 2 is 2.31 bits per heavy atom. The molecule has 1 fully saturated rings. The second-order valence-corrected chi connectivity index (χ2v) is 5.35. The van der Waals surface area contributed by atoms with Crippen molar-refractivity contribution in [2.45, 2.75) is 37.2 Å². The smallest absolute Gasteiger partial charge is 0.0669 e. The highest BCUT2D eigenvalue weighted by Crippen LogP contribution is 2.29. The highest BCUT2D eigenvalue weighted by Gasteiger charge is 2.14. The van der Waals surface area contributed by atoms with E-state index in [1.807, 2.05) is 11.8 Å². The lowest BCUT2D eigenvalue weighted by molar-refractivity contribution is 0.0315. The molecule has 1 aliphatic rings. The summed E-state index contributed by atoms with van der Waals surface area (Å²) in [5, 5.41) is 0. The number of anilines is 1. The lowest BCUT2D eigenvalue weighted by Gasteiger charge is -2.22. The first-order valence-electron chi connectivity index (χ1n) is 5.87. The van der Waals surface area contributed by atoms with Crippen molar-refractivity contribution in [3.63, 3.8) is 0 Å². The minimum atomic E-state index is 0.415. The van der Waals surface area contributed by atoms with Crippen LogP contribution in [0.1, 0.15) is 24.8 Å². The Morgan fingerprint density at radius 3 is 3.06 bits per heavy atom. The molecule has 1 aromatic carbocycles. The van der Waals surface area contributed by atoms with Crippen molar-refractivity contribution < 1.29 is 4.74 Å². The summed E-state index contributed by atoms with van der Waals surface area (Å²) in [6.45, 7) is 2.98. The van der Waals surface area contributed by atoms with Gasteiger partial charge in [0.1, 0.15) is 0 Å². The summed E-state index contributed by atoms with van der Waals surface area (Å²) in [6.07, 6.45) is 4.12. The van der Waals surface area contributed by atoms with Crippen LogP contribution in [-0.4, -0.2) is 18.5 Å². The molecule has 1 aromatic rings. The molecule has 1 unspecified atom stereocenters. The summed E-state index contributed by atoms with van der Waals surface area (Å²) < 4.78 is 5.71. The molecule has 0 aliphatic carbocycles. The van der Waals surface area contributed by atoms with E-state index in [9.17, 15) is 0 Å². The van der Waals surface area contributed by atoms with Gasteiger partial charge in [-0.3, -0.25) is 0 Å². The molecule has 0 amide bonds. The first kappa shape index (κ1) is 11.8. The van der Waals surface area contributed by atoms with Crippen molar-refractivity contribution in [2.24, 2.45) is 0 Å². The number of rotatable bonds is 3. The van der Waals surface area contributed by atoms with E-state index >= 15 is 0 Å². The summed E-state index contributed by atoms with van der Waals surface area (Å²) in [4.78, 5) is 1.19. The van der Waals surface area contributed by atoms with Crippen LogP contribution < -0.4 is 5.73 Å². The summed E-state index contributed by atoms with van der Waals surface area (Å²) in [7, 11) is 0. The Bertz CT molecular complexity index is 348. The zero-order valence-corrected chi connectivity index (χ0v) is 10.6. The van der Waals surface area contributed by atoms with E-state index in [1.54, 1.807) is 0 Å². The van der Waals surface area contributed by atoms with Crippen molar-refractivity contribution >= 4 is 17.4 Å². The van der Waals surface area contributed by atoms with Gasteiger partial charge >= 0.3 is 0 Å². The van der Waals surface area contributed by atoms with Gasteiger partial charge in [-0.25, -0.2) is 0 Å². The summed E-state index contributed by atoms with van der Waals surface area (Å²) in [6, 6.07) is 6.21. The minimum absolute atomic E-state index is 0.415. The van der Waals surface area contributed by atoms with Gasteiger partial charge in [-0.15, -0.1) is 11.8 Å². The van der Waals surface area contributed by atoms with Crippen molar-refractivity contribution in [3.8, 4) is 0 Å². The molecule has 0 saturated carbocycles. The molecule has 0 radical (unpaired) electrons. The molecule has 0 bridgehead atoms. The molecule has 2 rings (SSSR count). The maximum atomic E-state index is 6.04. The van der Waals surface area contributed by atoms with Gasteiger partial charge in [-0.1, -0.05) is 12.1 Å². The lowest BCUT2D eigenvalue weighted by Crippen LogP contribution is -2.21. The normalized spacial score (nSPS) is 20.9. The Labute approximate surface area is 102 Å². The Balaban J connectivity index is 1.91. The fourth-order valence-electron chi connectivity index (χ4n) is 1.90. The van der Waals surface area contributed by atoms with Gasteiger partial charge in [-0.2, -0.15) is 0 Å². The van der Waals surface area contributed by atoms with Gasteiger partial charge < -0.3 is 10.5 Å². The third-order valence-corrected chi connectivity index (χ3v) is 4.19. The van der Waals surface area contributed by atoms with Crippen LogP contribution in [0.4, 0.5) is 5.69 Å². The van der Waals surface area contributed by atoms with E-state index < -0.39 is 0 Å². The van der Waals surface area contributed by atoms with Crippen LogP contribution in [0.2, 0.25) is 0 Å². The second-order valence-electron chi connectivity index (χ2n) is 4.29. The number of aryl methyl sites for hydroxylation is 1. The summed E-state index contributed by atoms with van der Waals surface area (Å²) in [5.41, 5.74) is 8.12. The molecule has 0 aromatic heterocycles. The molecule has 1 aliphatic heterocycles. The number of para-hydroxylation sites is 1. The highest BCUT2D eigenvalue weighted by molar-refractivity contribution is 7.99. The monoisotopic (exact) mass is 237 g/mol. The first-order valence-corrected chi connectivity index (χ1v) is 6.85. The molecular weight excluding hydrogens is 218 g/mol. The number of ether oxygens (including phenoxy) is 1. The van der Waals surface area contributed by atoms with Crippen LogP contribution >= 0.6 is 11.8 Å². The number of thioether (sulfide) groups is 1. The summed E-state index contributed by atoms with van der Waals surface area (Å²) in [5.74, 6) is 1.02. The van der Waals surface area contributed by atoms with Crippen molar-refractivity contribution in [2.75, 3.05) is 18.1 Å². The van der Waals surface area contributed by atoms with E-state index in [0.29, 0.717) is 6.10 Å². The quantitative estimate of drug-likeness (QED) is 0.647. The van der Waals surface area contributed by atoms with E-state index in [4.69, 9.17) is 10.5 Å². The highest BCUT2D eigenvalue weighted by atomic mass is 32.2. The molecule has 3 heteroatoms. The SMILES string of the molecule is Cc1cccc(SCC2CCCCO2)c1N. The van der Waals surface area contributed by atoms with Crippen LogP contribution in [0.3, 0.4) is 0 Å².